The first-order chi connectivity index (χ1) is 13.8. The molecule has 0 saturated heterocycles. The SMILES string of the molecule is CO[C@@H]1COC(=O)CCC[C@@H](C)[C@H](OC)COC(=O)[C@H](C)NC(=O)C/C=C/[C@H]1C. The minimum absolute atomic E-state index is 0.0486. The number of nitrogens with one attached hydrogen (secondary N) is 1. The third-order valence-electron chi connectivity index (χ3n) is 5.14. The van der Waals surface area contributed by atoms with E-state index >= 15 is 0 Å². The van der Waals surface area contributed by atoms with Gasteiger partial charge in [0.2, 0.25) is 5.91 Å². The Kier molecular flexibility index (Phi) is 11.5. The van der Waals surface area contributed by atoms with E-state index in [2.05, 4.69) is 5.32 Å². The first-order valence-corrected chi connectivity index (χ1v) is 10.1. The number of cyclic esters (lactones) is 2. The predicted molar refractivity (Wildman–Crippen MR) is 107 cm³/mol. The molecule has 0 radical (unpaired) electrons. The van der Waals surface area contributed by atoms with Crippen LogP contribution < -0.4 is 5.32 Å². The molecule has 0 saturated carbocycles. The molecule has 1 aliphatic rings. The molecule has 0 bridgehead atoms. The molecule has 0 aromatic heterocycles. The van der Waals surface area contributed by atoms with Crippen LogP contribution in [0.25, 0.3) is 0 Å². The Morgan fingerprint density at radius 2 is 1.66 bits per heavy atom. The highest BCUT2D eigenvalue weighted by Crippen LogP contribution is 2.17. The van der Waals surface area contributed by atoms with Crippen molar-refractivity contribution in [3.05, 3.63) is 12.2 Å². The van der Waals surface area contributed by atoms with E-state index in [0.717, 1.165) is 6.42 Å². The van der Waals surface area contributed by atoms with Crippen molar-refractivity contribution in [3.8, 4) is 0 Å². The van der Waals surface area contributed by atoms with Gasteiger partial charge in [0.05, 0.1) is 12.2 Å². The van der Waals surface area contributed by atoms with Crippen LogP contribution in [-0.4, -0.2) is 63.5 Å². The van der Waals surface area contributed by atoms with Crippen molar-refractivity contribution in [2.75, 3.05) is 27.4 Å². The van der Waals surface area contributed by atoms with E-state index in [1.807, 2.05) is 19.9 Å². The van der Waals surface area contributed by atoms with Crippen LogP contribution in [0.5, 0.6) is 0 Å². The van der Waals surface area contributed by atoms with E-state index in [9.17, 15) is 14.4 Å². The zero-order valence-corrected chi connectivity index (χ0v) is 18.1. The molecule has 0 fully saturated rings. The normalized spacial score (nSPS) is 32.7. The maximum atomic E-state index is 12.2. The smallest absolute Gasteiger partial charge is 0.328 e. The summed E-state index contributed by atoms with van der Waals surface area (Å²) in [4.78, 5) is 36.2. The number of hydrogen-bond donors (Lipinski definition) is 1. The number of amides is 1. The summed E-state index contributed by atoms with van der Waals surface area (Å²) in [7, 11) is 3.12. The van der Waals surface area contributed by atoms with Crippen molar-refractivity contribution >= 4 is 17.8 Å². The summed E-state index contributed by atoms with van der Waals surface area (Å²) in [6.45, 7) is 5.74. The Morgan fingerprint density at radius 1 is 1.00 bits per heavy atom. The number of ether oxygens (including phenoxy) is 4. The Bertz CT molecular complexity index is 563. The fourth-order valence-corrected chi connectivity index (χ4v) is 3.06. The summed E-state index contributed by atoms with van der Waals surface area (Å²) in [6, 6.07) is -0.749. The maximum Gasteiger partial charge on any atom is 0.328 e. The van der Waals surface area contributed by atoms with Gasteiger partial charge in [-0.2, -0.15) is 0 Å². The van der Waals surface area contributed by atoms with Crippen molar-refractivity contribution in [3.63, 3.8) is 0 Å². The molecule has 5 atom stereocenters. The third kappa shape index (κ3) is 9.41. The molecule has 0 aliphatic carbocycles. The summed E-state index contributed by atoms with van der Waals surface area (Å²) >= 11 is 0. The standard InChI is InChI=1S/C21H35NO7/c1-14-8-6-10-19(23)22-16(3)21(25)29-13-18(27-5)15(2)9-7-11-20(24)28-12-17(14)26-4/h6,8,14-18H,7,9-13H2,1-5H3,(H,22,23)/b8-6+/t14-,15-,16+,17-,18-/m1/s1. The topological polar surface area (TPSA) is 100 Å². The van der Waals surface area contributed by atoms with E-state index in [4.69, 9.17) is 18.9 Å². The van der Waals surface area contributed by atoms with E-state index in [0.29, 0.717) is 12.8 Å². The van der Waals surface area contributed by atoms with Gasteiger partial charge >= 0.3 is 11.9 Å². The van der Waals surface area contributed by atoms with Gasteiger partial charge in [-0.3, -0.25) is 9.59 Å². The van der Waals surface area contributed by atoms with Gasteiger partial charge in [-0.15, -0.1) is 0 Å². The molecular weight excluding hydrogens is 378 g/mol. The van der Waals surface area contributed by atoms with Gasteiger partial charge in [-0.05, 0) is 25.7 Å². The number of carbonyl (C=O) groups excluding carboxylic acids is 3. The fraction of sp³-hybridized carbons (Fsp3) is 0.762. The molecule has 0 aromatic rings. The molecule has 0 spiro atoms. The van der Waals surface area contributed by atoms with E-state index < -0.39 is 12.0 Å². The van der Waals surface area contributed by atoms with Crippen molar-refractivity contribution in [2.45, 2.75) is 64.7 Å². The van der Waals surface area contributed by atoms with Gasteiger partial charge in [-0.1, -0.05) is 26.0 Å². The van der Waals surface area contributed by atoms with Crippen molar-refractivity contribution in [1.29, 1.82) is 0 Å². The van der Waals surface area contributed by atoms with Crippen LogP contribution in [0, 0.1) is 11.8 Å². The largest absolute Gasteiger partial charge is 0.463 e. The third-order valence-corrected chi connectivity index (χ3v) is 5.14. The van der Waals surface area contributed by atoms with E-state index in [-0.39, 0.29) is 55.6 Å². The number of methoxy groups -OCH3 is 2. The highest BCUT2D eigenvalue weighted by molar-refractivity contribution is 5.84. The zero-order chi connectivity index (χ0) is 21.8. The monoisotopic (exact) mass is 413 g/mol. The van der Waals surface area contributed by atoms with Crippen LogP contribution >= 0.6 is 0 Å². The molecule has 0 aromatic carbocycles. The van der Waals surface area contributed by atoms with Crippen LogP contribution in [0.2, 0.25) is 0 Å². The highest BCUT2D eigenvalue weighted by atomic mass is 16.6. The number of hydrogen-bond acceptors (Lipinski definition) is 7. The average Bonchev–Trinajstić information content (AvgIpc) is 2.67. The van der Waals surface area contributed by atoms with Crippen LogP contribution in [0.1, 0.15) is 46.5 Å². The molecule has 1 heterocycles. The molecule has 166 valence electrons. The molecule has 1 N–H and O–H groups in total. The highest BCUT2D eigenvalue weighted by Gasteiger charge is 2.23. The zero-order valence-electron chi connectivity index (χ0n) is 18.1. The second kappa shape index (κ2) is 13.3. The number of carbonyl (C=O) groups is 3. The average molecular weight is 414 g/mol. The summed E-state index contributed by atoms with van der Waals surface area (Å²) in [5.74, 6) is -1.03. The van der Waals surface area contributed by atoms with Gasteiger partial charge < -0.3 is 24.3 Å². The van der Waals surface area contributed by atoms with Gasteiger partial charge in [0.1, 0.15) is 19.3 Å². The van der Waals surface area contributed by atoms with Crippen LogP contribution in [0.4, 0.5) is 0 Å². The van der Waals surface area contributed by atoms with Crippen LogP contribution in [0.15, 0.2) is 12.2 Å². The Morgan fingerprint density at radius 3 is 2.31 bits per heavy atom. The lowest BCUT2D eigenvalue weighted by Gasteiger charge is -2.23. The van der Waals surface area contributed by atoms with E-state index in [1.165, 1.54) is 0 Å². The fourth-order valence-electron chi connectivity index (χ4n) is 3.06. The molecular formula is C21H35NO7. The Labute approximate surface area is 173 Å². The predicted octanol–water partition coefficient (Wildman–Crippen LogP) is 2.01. The molecule has 0 unspecified atom stereocenters. The van der Waals surface area contributed by atoms with E-state index in [1.54, 1.807) is 27.2 Å². The Balaban J connectivity index is 2.82. The lowest BCUT2D eigenvalue weighted by molar-refractivity contribution is -0.151. The number of rotatable bonds is 2. The van der Waals surface area contributed by atoms with Crippen molar-refractivity contribution < 1.29 is 33.3 Å². The first-order valence-electron chi connectivity index (χ1n) is 10.1. The van der Waals surface area contributed by atoms with Gasteiger partial charge in [-0.25, -0.2) is 4.79 Å². The summed E-state index contributed by atoms with van der Waals surface area (Å²) in [5.41, 5.74) is 0. The first kappa shape index (κ1) is 25.1. The molecule has 1 amide bonds. The van der Waals surface area contributed by atoms with Gasteiger partial charge in [0.15, 0.2) is 0 Å². The van der Waals surface area contributed by atoms with Gasteiger partial charge in [0.25, 0.3) is 0 Å². The lowest BCUT2D eigenvalue weighted by Crippen LogP contribution is -2.40. The maximum absolute atomic E-state index is 12.2. The second-order valence-electron chi connectivity index (χ2n) is 7.51. The molecule has 1 aliphatic heterocycles. The minimum atomic E-state index is -0.749. The molecule has 29 heavy (non-hydrogen) atoms. The summed E-state index contributed by atoms with van der Waals surface area (Å²) < 4.78 is 21.5. The van der Waals surface area contributed by atoms with Crippen molar-refractivity contribution in [1.82, 2.24) is 5.32 Å². The summed E-state index contributed by atoms with van der Waals surface area (Å²) in [5, 5.41) is 2.63. The quantitative estimate of drug-likeness (QED) is 0.546. The van der Waals surface area contributed by atoms with Crippen LogP contribution in [0.3, 0.4) is 0 Å². The van der Waals surface area contributed by atoms with Crippen molar-refractivity contribution in [2.24, 2.45) is 11.8 Å². The Hall–Kier alpha value is -1.93. The lowest BCUT2D eigenvalue weighted by atomic mass is 9.98. The molecule has 8 nitrogen and oxygen atoms in total. The molecule has 8 heteroatoms. The van der Waals surface area contributed by atoms with Gasteiger partial charge in [0, 0.05) is 33.0 Å². The minimum Gasteiger partial charge on any atom is -0.463 e. The number of esters is 2. The second-order valence-corrected chi connectivity index (χ2v) is 7.51. The van der Waals surface area contributed by atoms with Crippen LogP contribution in [-0.2, 0) is 33.3 Å². The molecule has 1 rings (SSSR count). The summed E-state index contributed by atoms with van der Waals surface area (Å²) in [6.07, 6.45) is 4.75.